The zero-order valence-electron chi connectivity index (χ0n) is 38.9. The molecule has 4 aromatic heterocycles. The summed E-state index contributed by atoms with van der Waals surface area (Å²) >= 11 is 5.28. The van der Waals surface area contributed by atoms with Crippen molar-refractivity contribution in [1.82, 2.24) is 15.3 Å². The van der Waals surface area contributed by atoms with Crippen LogP contribution in [0.1, 0.15) is 97.3 Å². The van der Waals surface area contributed by atoms with E-state index < -0.39 is 17.7 Å². The molecule has 0 spiro atoms. The highest BCUT2D eigenvalue weighted by atomic mass is 32.1. The van der Waals surface area contributed by atoms with Gasteiger partial charge in [-0.1, -0.05) is 24.3 Å². The molecule has 6 heterocycles. The Kier molecular flexibility index (Phi) is 17.0. The predicted octanol–water partition coefficient (Wildman–Crippen LogP) is 9.24. The molecule has 0 bridgehead atoms. The number of rotatable bonds is 13. The number of ether oxygens (including phenoxy) is 3. The number of para-hydroxylation sites is 4. The molecule has 2 aliphatic heterocycles. The van der Waals surface area contributed by atoms with Crippen molar-refractivity contribution in [3.8, 4) is 0 Å². The van der Waals surface area contributed by atoms with Crippen LogP contribution in [-0.2, 0) is 20.6 Å². The van der Waals surface area contributed by atoms with Gasteiger partial charge < -0.3 is 51.0 Å². The molecule has 69 heavy (non-hydrogen) atoms. The Balaban J connectivity index is 0.000000208. The Morgan fingerprint density at radius 3 is 1.83 bits per heavy atom. The number of carbonyl (C=O) groups is 5. The number of carbonyl (C=O) groups excluding carboxylic acids is 5. The van der Waals surface area contributed by atoms with Crippen LogP contribution in [0.15, 0.2) is 82.2 Å². The predicted molar refractivity (Wildman–Crippen MR) is 274 cm³/mol. The average molecular weight is 1010 g/mol. The molecule has 2 aromatic carbocycles. The zero-order chi connectivity index (χ0) is 49.1. The Hall–Kier alpha value is -6.39. The van der Waals surface area contributed by atoms with Crippen LogP contribution in [0.3, 0.4) is 0 Å². The van der Waals surface area contributed by atoms with E-state index in [-0.39, 0.29) is 35.6 Å². The van der Waals surface area contributed by atoms with Crippen LogP contribution in [0, 0.1) is 0 Å². The van der Waals surface area contributed by atoms with Crippen molar-refractivity contribution in [2.45, 2.75) is 70.6 Å². The lowest BCUT2D eigenvalue weighted by atomic mass is 10.0. The van der Waals surface area contributed by atoms with E-state index in [2.05, 4.69) is 41.0 Å². The van der Waals surface area contributed by atoms with Gasteiger partial charge in [0, 0.05) is 55.4 Å². The Morgan fingerprint density at radius 1 is 0.681 bits per heavy atom. The third-order valence-electron chi connectivity index (χ3n) is 11.0. The SMILES string of the molecule is COC(=O)c1sccc1Cc1nc(C(=O)Nc2ccccc2N2CCC(N)CC2)cs1.COC(=O)c1sccc1Nc1nc(C(=O)Nc2ccccc2N2CCC(NC(=O)OC(C)(C)C)CC2)cs1. The van der Waals surface area contributed by atoms with Crippen molar-refractivity contribution in [3.63, 3.8) is 0 Å². The van der Waals surface area contributed by atoms with Gasteiger partial charge in [-0.15, -0.1) is 45.3 Å². The second-order valence-corrected chi connectivity index (χ2v) is 20.7. The smallest absolute Gasteiger partial charge is 0.407 e. The van der Waals surface area contributed by atoms with Crippen molar-refractivity contribution in [2.75, 3.05) is 66.1 Å². The van der Waals surface area contributed by atoms with E-state index in [1.54, 1.807) is 22.2 Å². The number of anilines is 6. The molecule has 2 saturated heterocycles. The molecule has 8 rings (SSSR count). The topological polar surface area (TPSA) is 219 Å². The summed E-state index contributed by atoms with van der Waals surface area (Å²) in [6.45, 7) is 8.72. The highest BCUT2D eigenvalue weighted by Gasteiger charge is 2.26. The molecule has 364 valence electrons. The fourth-order valence-electron chi connectivity index (χ4n) is 7.58. The van der Waals surface area contributed by atoms with Gasteiger partial charge in [-0.2, -0.15) is 0 Å². The molecular formula is C48H55N9O8S4. The van der Waals surface area contributed by atoms with Crippen molar-refractivity contribution in [1.29, 1.82) is 0 Å². The lowest BCUT2D eigenvalue weighted by Gasteiger charge is -2.35. The summed E-state index contributed by atoms with van der Waals surface area (Å²) in [7, 11) is 2.70. The minimum Gasteiger partial charge on any atom is -0.465 e. The Morgan fingerprint density at radius 2 is 1.22 bits per heavy atom. The molecule has 2 fully saturated rings. The number of hydrogen-bond donors (Lipinski definition) is 5. The van der Waals surface area contributed by atoms with Gasteiger partial charge in [0.2, 0.25) is 0 Å². The van der Waals surface area contributed by atoms with E-state index in [1.165, 1.54) is 59.6 Å². The second kappa shape index (κ2) is 23.3. The highest BCUT2D eigenvalue weighted by molar-refractivity contribution is 7.14. The number of methoxy groups -OCH3 is 2. The van der Waals surface area contributed by atoms with Crippen LogP contribution in [0.25, 0.3) is 0 Å². The minimum absolute atomic E-state index is 0.0340. The normalized spacial score (nSPS) is 14.2. The quantitative estimate of drug-likeness (QED) is 0.0538. The fourth-order valence-corrected chi connectivity index (χ4v) is 10.7. The molecule has 0 saturated carbocycles. The number of alkyl carbamates (subject to hydrolysis) is 1. The molecule has 6 N–H and O–H groups in total. The number of aromatic nitrogens is 2. The second-order valence-electron chi connectivity index (χ2n) is 17.1. The molecule has 0 aliphatic carbocycles. The van der Waals surface area contributed by atoms with E-state index in [0.717, 1.165) is 79.5 Å². The lowest BCUT2D eigenvalue weighted by Crippen LogP contribution is -2.46. The van der Waals surface area contributed by atoms with Crippen LogP contribution in [0.4, 0.5) is 38.4 Å². The maximum absolute atomic E-state index is 13.0. The lowest BCUT2D eigenvalue weighted by molar-refractivity contribution is 0.0495. The summed E-state index contributed by atoms with van der Waals surface area (Å²) in [6, 6.07) is 19.4. The van der Waals surface area contributed by atoms with Crippen molar-refractivity contribution in [3.05, 3.63) is 114 Å². The van der Waals surface area contributed by atoms with Crippen molar-refractivity contribution in [2.24, 2.45) is 5.73 Å². The van der Waals surface area contributed by atoms with E-state index in [4.69, 9.17) is 19.9 Å². The maximum Gasteiger partial charge on any atom is 0.407 e. The number of hydrogen-bond acceptors (Lipinski definition) is 18. The van der Waals surface area contributed by atoms with Crippen molar-refractivity contribution >= 4 is 109 Å². The molecule has 6 aromatic rings. The highest BCUT2D eigenvalue weighted by Crippen LogP contribution is 2.32. The van der Waals surface area contributed by atoms with Gasteiger partial charge in [0.05, 0.1) is 47.7 Å². The van der Waals surface area contributed by atoms with Gasteiger partial charge >= 0.3 is 18.0 Å². The molecule has 0 radical (unpaired) electrons. The summed E-state index contributed by atoms with van der Waals surface area (Å²) < 4.78 is 15.0. The number of nitrogens with one attached hydrogen (secondary N) is 4. The van der Waals surface area contributed by atoms with Gasteiger partial charge in [-0.3, -0.25) is 9.59 Å². The number of benzene rings is 2. The van der Waals surface area contributed by atoms with Crippen LogP contribution in [0.2, 0.25) is 0 Å². The molecular weight excluding hydrogens is 959 g/mol. The number of nitrogens with zero attached hydrogens (tertiary/aromatic N) is 4. The van der Waals surface area contributed by atoms with Gasteiger partial charge in [-0.25, -0.2) is 24.4 Å². The molecule has 21 heteroatoms. The zero-order valence-corrected chi connectivity index (χ0v) is 42.1. The molecule has 0 unspecified atom stereocenters. The van der Waals surface area contributed by atoms with Crippen LogP contribution in [0.5, 0.6) is 0 Å². The Bertz CT molecular complexity index is 2730. The number of amides is 3. The number of thiophene rings is 2. The molecule has 0 atom stereocenters. The van der Waals surface area contributed by atoms with Gasteiger partial charge in [0.1, 0.15) is 26.7 Å². The first-order valence-corrected chi connectivity index (χ1v) is 25.7. The molecule has 17 nitrogen and oxygen atoms in total. The van der Waals surface area contributed by atoms with Crippen LogP contribution >= 0.6 is 45.3 Å². The van der Waals surface area contributed by atoms with E-state index in [1.807, 2.05) is 80.7 Å². The first kappa shape index (κ1) is 50.5. The third-order valence-corrected chi connectivity index (χ3v) is 14.4. The van der Waals surface area contributed by atoms with Crippen LogP contribution < -0.4 is 36.8 Å². The van der Waals surface area contributed by atoms with Crippen LogP contribution in [-0.4, -0.2) is 97.9 Å². The minimum atomic E-state index is -0.536. The maximum atomic E-state index is 13.0. The summed E-state index contributed by atoms with van der Waals surface area (Å²) in [5.74, 6) is -1.36. The summed E-state index contributed by atoms with van der Waals surface area (Å²) in [5, 5.41) is 20.3. The molecule has 3 amide bonds. The van der Waals surface area contributed by atoms with E-state index in [0.29, 0.717) is 38.4 Å². The van der Waals surface area contributed by atoms with Gasteiger partial charge in [-0.05, 0) is 99.2 Å². The average Bonchev–Trinajstić information content (AvgIpc) is 4.19. The molecule has 2 aliphatic rings. The van der Waals surface area contributed by atoms with E-state index in [9.17, 15) is 24.0 Å². The Labute approximate surface area is 416 Å². The summed E-state index contributed by atoms with van der Waals surface area (Å²) in [6.07, 6.45) is 3.48. The standard InChI is InChI=1S/C26H31N5O5S2.C22H24N4O3S2/c1-26(2,3)36-25(34)27-16-9-12-31(13-10-16)20-8-6-5-7-17(20)28-22(32)19-15-38-24(30-19)29-18-11-14-37-21(18)23(33)35-4;1-29-22(28)20-14(8-11-30-20)12-19-24-17(13-31-19)21(27)25-16-4-2-3-5-18(16)26-9-6-15(23)7-10-26/h5-8,11,14-16H,9-10,12-13H2,1-4H3,(H,27,34)(H,28,32)(H,29,30);2-5,8,11,13,15H,6-7,9-10,12,23H2,1H3,(H,25,27). The first-order chi connectivity index (χ1) is 33.2. The fraction of sp³-hybridized carbons (Fsp3) is 0.354. The number of esters is 2. The number of thiazole rings is 2. The van der Waals surface area contributed by atoms with Gasteiger partial charge in [0.25, 0.3) is 11.8 Å². The largest absolute Gasteiger partial charge is 0.465 e. The number of piperidine rings is 2. The third kappa shape index (κ3) is 13.7. The summed E-state index contributed by atoms with van der Waals surface area (Å²) in [5.41, 5.74) is 10.9. The monoisotopic (exact) mass is 1010 g/mol. The van der Waals surface area contributed by atoms with Gasteiger partial charge in [0.15, 0.2) is 5.13 Å². The number of nitrogens with two attached hydrogens (primary N) is 1. The van der Waals surface area contributed by atoms with E-state index >= 15 is 0 Å². The first-order valence-electron chi connectivity index (χ1n) is 22.2. The van der Waals surface area contributed by atoms with Crippen molar-refractivity contribution < 1.29 is 38.2 Å². The summed E-state index contributed by atoms with van der Waals surface area (Å²) in [4.78, 5) is 76.1.